The number of benzene rings is 2. The summed E-state index contributed by atoms with van der Waals surface area (Å²) >= 11 is 12.8. The van der Waals surface area contributed by atoms with Gasteiger partial charge in [-0.05, 0) is 44.0 Å². The van der Waals surface area contributed by atoms with Crippen molar-refractivity contribution >= 4 is 52.2 Å². The first-order valence-electron chi connectivity index (χ1n) is 10.7. The minimum atomic E-state index is -1.73. The molecule has 1 aliphatic carbocycles. The summed E-state index contributed by atoms with van der Waals surface area (Å²) in [5.41, 5.74) is 7.87. The number of hydrogen-bond donors (Lipinski definition) is 2. The maximum Gasteiger partial charge on any atom is 0.339 e. The fourth-order valence-corrected chi connectivity index (χ4v) is 5.62. The molecule has 7 nitrogen and oxygen atoms in total. The van der Waals surface area contributed by atoms with Crippen molar-refractivity contribution in [2.24, 2.45) is 5.73 Å². The SMILES string of the molecule is COC(=O)C1=C(N)N(c2cc(Cl)ccc2Cl)C2=C(C(=O)CCC2)C12C(=O)Nc1ccc(C)cc12. The van der Waals surface area contributed by atoms with Gasteiger partial charge in [-0.3, -0.25) is 14.5 Å². The van der Waals surface area contributed by atoms with Gasteiger partial charge in [0.25, 0.3) is 0 Å². The molecule has 0 saturated carbocycles. The molecule has 1 spiro atoms. The Balaban J connectivity index is 1.94. The third kappa shape index (κ3) is 2.93. The van der Waals surface area contributed by atoms with Gasteiger partial charge >= 0.3 is 5.97 Å². The number of Topliss-reactive ketones (excluding diaryl/α,β-unsaturated/α-hetero) is 1. The van der Waals surface area contributed by atoms with E-state index in [0.717, 1.165) is 5.56 Å². The molecule has 2 aromatic carbocycles. The number of fused-ring (bicyclic) bond motifs is 3. The minimum absolute atomic E-state index is 0.0334. The number of ether oxygens (including phenoxy) is 1. The summed E-state index contributed by atoms with van der Waals surface area (Å²) in [6.07, 6.45) is 1.25. The second-order valence-corrected chi connectivity index (χ2v) is 9.38. The zero-order valence-corrected chi connectivity index (χ0v) is 20.0. The lowest BCUT2D eigenvalue weighted by Crippen LogP contribution is -2.53. The van der Waals surface area contributed by atoms with Crippen molar-refractivity contribution in [3.63, 3.8) is 0 Å². The monoisotopic (exact) mass is 497 g/mol. The van der Waals surface area contributed by atoms with E-state index in [1.165, 1.54) is 7.11 Å². The van der Waals surface area contributed by atoms with Crippen LogP contribution in [0.15, 0.2) is 59.1 Å². The lowest BCUT2D eigenvalue weighted by atomic mass is 9.63. The van der Waals surface area contributed by atoms with E-state index in [2.05, 4.69) is 5.32 Å². The van der Waals surface area contributed by atoms with Crippen LogP contribution in [0.2, 0.25) is 10.0 Å². The number of amides is 1. The number of anilines is 2. The predicted molar refractivity (Wildman–Crippen MR) is 130 cm³/mol. The molecule has 0 saturated heterocycles. The van der Waals surface area contributed by atoms with Gasteiger partial charge in [-0.15, -0.1) is 0 Å². The normalized spacial score (nSPS) is 21.6. The van der Waals surface area contributed by atoms with Gasteiger partial charge < -0.3 is 15.8 Å². The summed E-state index contributed by atoms with van der Waals surface area (Å²) in [6.45, 7) is 1.88. The van der Waals surface area contributed by atoms with Crippen LogP contribution < -0.4 is 16.0 Å². The molecule has 0 fully saturated rings. The molecule has 1 unspecified atom stereocenters. The number of carbonyl (C=O) groups excluding carboxylic acids is 3. The smallest absolute Gasteiger partial charge is 0.339 e. The van der Waals surface area contributed by atoms with Gasteiger partial charge in [0.05, 0.1) is 17.8 Å². The van der Waals surface area contributed by atoms with Gasteiger partial charge in [0, 0.05) is 34.0 Å². The van der Waals surface area contributed by atoms with Crippen molar-refractivity contribution in [2.75, 3.05) is 17.3 Å². The molecule has 174 valence electrons. The standard InChI is InChI=1S/C25H21Cl2N3O4/c1-12-6-9-16-14(10-12)25(24(33)29-16)20-17(4-3-5-19(20)31)30(22(28)21(25)23(32)34-2)18-11-13(26)7-8-15(18)27/h6-11H,3-5,28H2,1-2H3,(H,29,33). The van der Waals surface area contributed by atoms with E-state index >= 15 is 0 Å². The maximum atomic E-state index is 13.8. The number of aryl methyl sites for hydroxylation is 1. The van der Waals surface area contributed by atoms with Crippen molar-refractivity contribution < 1.29 is 19.1 Å². The number of nitrogens with one attached hydrogen (secondary N) is 1. The fraction of sp³-hybridized carbons (Fsp3) is 0.240. The summed E-state index contributed by atoms with van der Waals surface area (Å²) in [6, 6.07) is 10.3. The van der Waals surface area contributed by atoms with Crippen LogP contribution in [0.4, 0.5) is 11.4 Å². The maximum absolute atomic E-state index is 13.8. The highest BCUT2D eigenvalue weighted by Gasteiger charge is 2.62. The second kappa shape index (κ2) is 7.89. The van der Waals surface area contributed by atoms with Crippen LogP contribution in [0, 0.1) is 6.92 Å². The summed E-state index contributed by atoms with van der Waals surface area (Å²) < 4.78 is 5.12. The Labute approximate surface area is 206 Å². The van der Waals surface area contributed by atoms with E-state index < -0.39 is 17.3 Å². The van der Waals surface area contributed by atoms with Crippen molar-refractivity contribution in [3.8, 4) is 0 Å². The van der Waals surface area contributed by atoms with Gasteiger partial charge in [0.1, 0.15) is 16.8 Å². The van der Waals surface area contributed by atoms with E-state index in [1.54, 1.807) is 35.2 Å². The third-order valence-electron chi connectivity index (χ3n) is 6.61. The molecule has 1 atom stereocenters. The Morgan fingerprint density at radius 2 is 1.91 bits per heavy atom. The first-order valence-corrected chi connectivity index (χ1v) is 11.5. The number of hydrogen-bond acceptors (Lipinski definition) is 6. The molecular formula is C25H21Cl2N3O4. The van der Waals surface area contributed by atoms with Crippen LogP contribution in [0.1, 0.15) is 30.4 Å². The van der Waals surface area contributed by atoms with E-state index in [0.29, 0.717) is 45.5 Å². The van der Waals surface area contributed by atoms with Gasteiger partial charge in [-0.2, -0.15) is 0 Å². The molecule has 3 aliphatic rings. The molecular weight excluding hydrogens is 477 g/mol. The number of allylic oxidation sites excluding steroid dienone is 1. The topological polar surface area (TPSA) is 102 Å². The Hall–Kier alpha value is -3.29. The highest BCUT2D eigenvalue weighted by Crippen LogP contribution is 2.56. The second-order valence-electron chi connectivity index (χ2n) is 8.53. The predicted octanol–water partition coefficient (Wildman–Crippen LogP) is 4.36. The van der Waals surface area contributed by atoms with E-state index in [9.17, 15) is 14.4 Å². The average Bonchev–Trinajstić information content (AvgIpc) is 3.07. The molecule has 2 heterocycles. The molecule has 34 heavy (non-hydrogen) atoms. The number of methoxy groups -OCH3 is 1. The van der Waals surface area contributed by atoms with Gasteiger partial charge in [-0.25, -0.2) is 4.79 Å². The molecule has 5 rings (SSSR count). The highest BCUT2D eigenvalue weighted by atomic mass is 35.5. The first kappa shape index (κ1) is 22.5. The van der Waals surface area contributed by atoms with E-state index in [4.69, 9.17) is 33.7 Å². The van der Waals surface area contributed by atoms with Crippen molar-refractivity contribution in [1.82, 2.24) is 0 Å². The Bertz CT molecular complexity index is 1360. The number of esters is 1. The largest absolute Gasteiger partial charge is 0.466 e. The van der Waals surface area contributed by atoms with Crippen LogP contribution in [0.25, 0.3) is 0 Å². The van der Waals surface area contributed by atoms with Gasteiger partial charge in [0.15, 0.2) is 5.78 Å². The lowest BCUT2D eigenvalue weighted by Gasteiger charge is -2.44. The Kier molecular flexibility index (Phi) is 5.22. The summed E-state index contributed by atoms with van der Waals surface area (Å²) in [5.74, 6) is -1.59. The van der Waals surface area contributed by atoms with Crippen molar-refractivity contribution in [1.29, 1.82) is 0 Å². The minimum Gasteiger partial charge on any atom is -0.466 e. The zero-order valence-electron chi connectivity index (χ0n) is 18.5. The van der Waals surface area contributed by atoms with Crippen LogP contribution in [0.5, 0.6) is 0 Å². The molecule has 3 N–H and O–H groups in total. The van der Waals surface area contributed by atoms with E-state index in [-0.39, 0.29) is 29.2 Å². The van der Waals surface area contributed by atoms with Crippen molar-refractivity contribution in [2.45, 2.75) is 31.6 Å². The lowest BCUT2D eigenvalue weighted by molar-refractivity contribution is -0.138. The zero-order chi connectivity index (χ0) is 24.4. The van der Waals surface area contributed by atoms with E-state index in [1.807, 2.05) is 13.0 Å². The molecule has 0 radical (unpaired) electrons. The molecule has 2 aliphatic heterocycles. The van der Waals surface area contributed by atoms with Crippen LogP contribution in [-0.4, -0.2) is 24.8 Å². The highest BCUT2D eigenvalue weighted by molar-refractivity contribution is 6.35. The summed E-state index contributed by atoms with van der Waals surface area (Å²) in [5, 5.41) is 3.58. The van der Waals surface area contributed by atoms with Crippen LogP contribution in [0.3, 0.4) is 0 Å². The average molecular weight is 498 g/mol. The molecule has 1 amide bonds. The molecule has 2 aromatic rings. The molecule has 0 aromatic heterocycles. The number of carbonyl (C=O) groups is 3. The fourth-order valence-electron chi connectivity index (χ4n) is 5.25. The van der Waals surface area contributed by atoms with Crippen LogP contribution in [-0.2, 0) is 24.5 Å². The van der Waals surface area contributed by atoms with Gasteiger partial charge in [-0.1, -0.05) is 40.9 Å². The molecule has 0 bridgehead atoms. The Morgan fingerprint density at radius 3 is 2.65 bits per heavy atom. The number of nitrogens with two attached hydrogens (primary N) is 1. The molecule has 9 heteroatoms. The quantitative estimate of drug-likeness (QED) is 0.597. The number of rotatable bonds is 2. The van der Waals surface area contributed by atoms with Crippen LogP contribution >= 0.6 is 23.2 Å². The van der Waals surface area contributed by atoms with Gasteiger partial charge in [0.2, 0.25) is 5.91 Å². The number of nitrogens with zero attached hydrogens (tertiary/aromatic N) is 1. The summed E-state index contributed by atoms with van der Waals surface area (Å²) in [4.78, 5) is 42.3. The van der Waals surface area contributed by atoms with Crippen molar-refractivity contribution in [3.05, 3.63) is 80.2 Å². The third-order valence-corrected chi connectivity index (χ3v) is 7.16. The summed E-state index contributed by atoms with van der Waals surface area (Å²) in [7, 11) is 1.21. The number of ketones is 1. The number of halogens is 2. The first-order chi connectivity index (χ1) is 16.2. The Morgan fingerprint density at radius 1 is 1.15 bits per heavy atom.